The first-order valence-electron chi connectivity index (χ1n) is 5.82. The van der Waals surface area contributed by atoms with E-state index in [2.05, 4.69) is 23.1 Å². The molecule has 1 fully saturated rings. The average Bonchev–Trinajstić information content (AvgIpc) is 2.30. The molecule has 3 heteroatoms. The molecule has 0 radical (unpaired) electrons. The van der Waals surface area contributed by atoms with Crippen molar-refractivity contribution in [2.45, 2.75) is 38.3 Å². The highest BCUT2D eigenvalue weighted by molar-refractivity contribution is 5.03. The lowest BCUT2D eigenvalue weighted by Gasteiger charge is -2.42. The summed E-state index contributed by atoms with van der Waals surface area (Å²) >= 11 is 0. The molecule has 1 heterocycles. The van der Waals surface area contributed by atoms with Gasteiger partial charge in [-0.2, -0.15) is 0 Å². The number of piperidine rings is 1. The zero-order chi connectivity index (χ0) is 11.3. The van der Waals surface area contributed by atoms with Gasteiger partial charge in [0.05, 0.1) is 6.04 Å². The fourth-order valence-electron chi connectivity index (χ4n) is 2.21. The zero-order valence-electron chi connectivity index (χ0n) is 9.92. The van der Waals surface area contributed by atoms with Crippen molar-refractivity contribution in [3.63, 3.8) is 0 Å². The number of nitrogens with two attached hydrogens (primary N) is 1. The molecular formula is C12H23N3. The number of likely N-dealkylation sites (tertiary alicyclic amines) is 1. The van der Waals surface area contributed by atoms with Gasteiger partial charge in [0.15, 0.2) is 0 Å². The maximum atomic E-state index is 5.88. The van der Waals surface area contributed by atoms with Gasteiger partial charge in [-0.3, -0.25) is 5.32 Å². The van der Waals surface area contributed by atoms with E-state index in [-0.39, 0.29) is 11.6 Å². The van der Waals surface area contributed by atoms with Gasteiger partial charge in [0, 0.05) is 12.1 Å². The monoisotopic (exact) mass is 209 g/mol. The Balaban J connectivity index is 2.53. The average molecular weight is 209 g/mol. The first-order valence-corrected chi connectivity index (χ1v) is 5.82. The Hall–Kier alpha value is -0.560. The molecule has 0 saturated carbocycles. The van der Waals surface area contributed by atoms with Crippen LogP contribution in [0, 0.1) is 12.3 Å². The van der Waals surface area contributed by atoms with Crippen molar-refractivity contribution in [3.8, 4) is 12.3 Å². The van der Waals surface area contributed by atoms with E-state index in [1.807, 2.05) is 6.92 Å². The number of nitrogens with one attached hydrogen (secondary N) is 1. The van der Waals surface area contributed by atoms with E-state index >= 15 is 0 Å². The van der Waals surface area contributed by atoms with Crippen LogP contribution in [0.1, 0.15) is 26.7 Å². The number of rotatable bonds is 4. The topological polar surface area (TPSA) is 41.3 Å². The summed E-state index contributed by atoms with van der Waals surface area (Å²) in [6, 6.07) is 0.113. The van der Waals surface area contributed by atoms with E-state index < -0.39 is 0 Å². The quantitative estimate of drug-likeness (QED) is 0.659. The van der Waals surface area contributed by atoms with Gasteiger partial charge >= 0.3 is 0 Å². The third-order valence-electron chi connectivity index (χ3n) is 3.42. The molecule has 0 aromatic heterocycles. The van der Waals surface area contributed by atoms with Crippen LogP contribution in [0.2, 0.25) is 0 Å². The van der Waals surface area contributed by atoms with Gasteiger partial charge in [0.2, 0.25) is 0 Å². The Morgan fingerprint density at radius 2 is 2.13 bits per heavy atom. The van der Waals surface area contributed by atoms with Crippen LogP contribution in [0.15, 0.2) is 0 Å². The predicted octanol–water partition coefficient (Wildman–Crippen LogP) is 0.411. The predicted molar refractivity (Wildman–Crippen MR) is 64.6 cm³/mol. The maximum absolute atomic E-state index is 5.88. The smallest absolute Gasteiger partial charge is 0.0663 e. The minimum absolute atomic E-state index is 0.0669. The van der Waals surface area contributed by atoms with E-state index in [0.717, 1.165) is 32.5 Å². The number of terminal acetylenes is 1. The second-order valence-electron chi connectivity index (χ2n) is 4.45. The van der Waals surface area contributed by atoms with Crippen LogP contribution in [0.4, 0.5) is 0 Å². The molecule has 15 heavy (non-hydrogen) atoms. The van der Waals surface area contributed by atoms with Gasteiger partial charge in [-0.25, -0.2) is 0 Å². The van der Waals surface area contributed by atoms with Gasteiger partial charge in [-0.15, -0.1) is 6.42 Å². The molecule has 1 aliphatic rings. The minimum atomic E-state index is 0.0669. The van der Waals surface area contributed by atoms with Gasteiger partial charge in [0.1, 0.15) is 0 Å². The summed E-state index contributed by atoms with van der Waals surface area (Å²) in [6.45, 7) is 8.27. The van der Waals surface area contributed by atoms with Crippen molar-refractivity contribution >= 4 is 0 Å². The second-order valence-corrected chi connectivity index (χ2v) is 4.45. The first kappa shape index (κ1) is 12.5. The van der Waals surface area contributed by atoms with Gasteiger partial charge in [0.25, 0.3) is 0 Å². The standard InChI is InChI=1S/C12H23N3/c1-4-11(3)14-12(10-13)6-8-15(5-2)9-7-12/h1,11,14H,5-10,13H2,2-3H3. The van der Waals surface area contributed by atoms with Gasteiger partial charge in [-0.1, -0.05) is 12.8 Å². The fraction of sp³-hybridized carbons (Fsp3) is 0.833. The molecule has 0 spiro atoms. The Kier molecular flexibility index (Phi) is 4.59. The largest absolute Gasteiger partial charge is 0.329 e. The molecule has 0 aliphatic carbocycles. The van der Waals surface area contributed by atoms with Crippen LogP contribution in [0.5, 0.6) is 0 Å². The van der Waals surface area contributed by atoms with Gasteiger partial charge in [-0.05, 0) is 39.4 Å². The Morgan fingerprint density at radius 3 is 2.53 bits per heavy atom. The molecule has 86 valence electrons. The van der Waals surface area contributed by atoms with E-state index in [4.69, 9.17) is 12.2 Å². The van der Waals surface area contributed by atoms with Crippen molar-refractivity contribution in [2.75, 3.05) is 26.2 Å². The van der Waals surface area contributed by atoms with E-state index in [1.54, 1.807) is 0 Å². The molecule has 1 atom stereocenters. The lowest BCUT2D eigenvalue weighted by atomic mass is 9.86. The van der Waals surface area contributed by atoms with Crippen LogP contribution in [-0.4, -0.2) is 42.7 Å². The van der Waals surface area contributed by atoms with E-state index in [0.29, 0.717) is 6.54 Å². The number of hydrogen-bond donors (Lipinski definition) is 2. The van der Waals surface area contributed by atoms with Crippen LogP contribution in [-0.2, 0) is 0 Å². The first-order chi connectivity index (χ1) is 7.15. The summed E-state index contributed by atoms with van der Waals surface area (Å²) in [5.41, 5.74) is 5.95. The van der Waals surface area contributed by atoms with Crippen molar-refractivity contribution in [2.24, 2.45) is 5.73 Å². The Morgan fingerprint density at radius 1 is 1.53 bits per heavy atom. The normalized spacial score (nSPS) is 23.3. The highest BCUT2D eigenvalue weighted by atomic mass is 15.2. The molecule has 0 amide bonds. The number of hydrogen-bond acceptors (Lipinski definition) is 3. The highest BCUT2D eigenvalue weighted by Crippen LogP contribution is 2.21. The molecular weight excluding hydrogens is 186 g/mol. The van der Waals surface area contributed by atoms with Crippen LogP contribution in [0.25, 0.3) is 0 Å². The van der Waals surface area contributed by atoms with Crippen LogP contribution in [0.3, 0.4) is 0 Å². The van der Waals surface area contributed by atoms with Crippen molar-refractivity contribution in [1.82, 2.24) is 10.2 Å². The summed E-state index contributed by atoms with van der Waals surface area (Å²) in [5, 5.41) is 3.49. The van der Waals surface area contributed by atoms with Crippen LogP contribution >= 0.6 is 0 Å². The molecule has 1 unspecified atom stereocenters. The highest BCUT2D eigenvalue weighted by Gasteiger charge is 2.33. The summed E-state index contributed by atoms with van der Waals surface area (Å²) in [7, 11) is 0. The lowest BCUT2D eigenvalue weighted by molar-refractivity contribution is 0.141. The maximum Gasteiger partial charge on any atom is 0.0663 e. The minimum Gasteiger partial charge on any atom is -0.329 e. The fourth-order valence-corrected chi connectivity index (χ4v) is 2.21. The molecule has 0 aromatic rings. The molecule has 3 N–H and O–H groups in total. The third kappa shape index (κ3) is 3.20. The summed E-state index contributed by atoms with van der Waals surface area (Å²) in [6.07, 6.45) is 7.59. The van der Waals surface area contributed by atoms with Crippen molar-refractivity contribution < 1.29 is 0 Å². The Bertz CT molecular complexity index is 224. The van der Waals surface area contributed by atoms with Crippen molar-refractivity contribution in [3.05, 3.63) is 0 Å². The van der Waals surface area contributed by atoms with Crippen molar-refractivity contribution in [1.29, 1.82) is 0 Å². The van der Waals surface area contributed by atoms with E-state index in [9.17, 15) is 0 Å². The number of nitrogens with zero attached hydrogens (tertiary/aromatic N) is 1. The summed E-state index contributed by atoms with van der Waals surface area (Å²) in [4.78, 5) is 2.45. The van der Waals surface area contributed by atoms with Gasteiger partial charge < -0.3 is 10.6 Å². The third-order valence-corrected chi connectivity index (χ3v) is 3.42. The zero-order valence-corrected chi connectivity index (χ0v) is 9.92. The lowest BCUT2D eigenvalue weighted by Crippen LogP contribution is -2.59. The SMILES string of the molecule is C#CC(C)NC1(CN)CCN(CC)CC1. The van der Waals surface area contributed by atoms with Crippen LogP contribution < -0.4 is 11.1 Å². The molecule has 3 nitrogen and oxygen atoms in total. The summed E-state index contributed by atoms with van der Waals surface area (Å²) < 4.78 is 0. The van der Waals surface area contributed by atoms with E-state index in [1.165, 1.54) is 0 Å². The molecule has 1 saturated heterocycles. The molecule has 0 bridgehead atoms. The summed E-state index contributed by atoms with van der Waals surface area (Å²) in [5.74, 6) is 2.72. The second kappa shape index (κ2) is 5.50. The molecule has 0 aromatic carbocycles. The molecule has 1 rings (SSSR count). The molecule has 1 aliphatic heterocycles. The Labute approximate surface area is 93.4 Å².